The largest absolute Gasteiger partial charge is 0.399 e. The summed E-state index contributed by atoms with van der Waals surface area (Å²) in [6, 6.07) is 5.73. The molecule has 0 amide bonds. The highest BCUT2D eigenvalue weighted by Gasteiger charge is 2.02. The highest BCUT2D eigenvalue weighted by Crippen LogP contribution is 2.17. The van der Waals surface area contributed by atoms with Crippen LogP contribution in [0.4, 0.5) is 5.69 Å². The summed E-state index contributed by atoms with van der Waals surface area (Å²) in [6.07, 6.45) is 1.17. The summed E-state index contributed by atoms with van der Waals surface area (Å²) in [4.78, 5) is 4.49. The van der Waals surface area contributed by atoms with E-state index >= 15 is 0 Å². The van der Waals surface area contributed by atoms with Gasteiger partial charge in [-0.05, 0) is 64.4 Å². The first kappa shape index (κ1) is 14.3. The van der Waals surface area contributed by atoms with Gasteiger partial charge in [0.15, 0.2) is 0 Å². The van der Waals surface area contributed by atoms with Gasteiger partial charge in [-0.15, -0.1) is 0 Å². The first-order chi connectivity index (χ1) is 7.97. The first-order valence-electron chi connectivity index (χ1n) is 5.85. The average Bonchev–Trinajstić information content (AvgIpc) is 2.14. The lowest BCUT2D eigenvalue weighted by molar-refractivity contribution is 0.294. The lowest BCUT2D eigenvalue weighted by Gasteiger charge is -2.18. The molecule has 0 aliphatic carbocycles. The van der Waals surface area contributed by atoms with E-state index in [4.69, 9.17) is 17.3 Å². The van der Waals surface area contributed by atoms with Crippen LogP contribution in [-0.4, -0.2) is 44.0 Å². The number of benzene rings is 1. The van der Waals surface area contributed by atoms with Crippen LogP contribution in [0.1, 0.15) is 12.0 Å². The van der Waals surface area contributed by atoms with Crippen LogP contribution in [0.2, 0.25) is 5.02 Å². The molecule has 0 heterocycles. The van der Waals surface area contributed by atoms with Crippen LogP contribution in [0.25, 0.3) is 0 Å². The molecule has 0 saturated carbocycles. The molecule has 0 aromatic heterocycles. The second-order valence-corrected chi connectivity index (χ2v) is 5.22. The van der Waals surface area contributed by atoms with Gasteiger partial charge >= 0.3 is 0 Å². The Balaban J connectivity index is 2.42. The van der Waals surface area contributed by atoms with Crippen LogP contribution >= 0.6 is 11.6 Å². The van der Waals surface area contributed by atoms with Gasteiger partial charge in [-0.1, -0.05) is 11.6 Å². The number of hydrogen-bond acceptors (Lipinski definition) is 3. The zero-order chi connectivity index (χ0) is 12.8. The van der Waals surface area contributed by atoms with Crippen molar-refractivity contribution in [2.75, 3.05) is 40.0 Å². The molecule has 17 heavy (non-hydrogen) atoms. The molecule has 0 atom stereocenters. The number of hydrogen-bond donors (Lipinski definition) is 1. The summed E-state index contributed by atoms with van der Waals surface area (Å²) < 4.78 is 0. The second-order valence-electron chi connectivity index (χ2n) is 4.79. The quantitative estimate of drug-likeness (QED) is 0.792. The summed E-state index contributed by atoms with van der Waals surface area (Å²) in [6.45, 7) is 3.07. The SMILES string of the molecule is CN(C)CCCN(C)Cc1cc(N)cc(Cl)c1. The second kappa shape index (κ2) is 6.84. The molecule has 2 N–H and O–H groups in total. The van der Waals surface area contributed by atoms with E-state index in [9.17, 15) is 0 Å². The summed E-state index contributed by atoms with van der Waals surface area (Å²) in [5, 5.41) is 0.710. The van der Waals surface area contributed by atoms with Gasteiger partial charge in [0.05, 0.1) is 0 Å². The lowest BCUT2D eigenvalue weighted by atomic mass is 10.2. The third-order valence-corrected chi connectivity index (χ3v) is 2.80. The molecular weight excluding hydrogens is 234 g/mol. The molecule has 0 bridgehead atoms. The van der Waals surface area contributed by atoms with Crippen molar-refractivity contribution in [1.29, 1.82) is 0 Å². The Kier molecular flexibility index (Phi) is 5.75. The standard InChI is InChI=1S/C13H22ClN3/c1-16(2)5-4-6-17(3)10-11-7-12(14)9-13(15)8-11/h7-9H,4-6,10,15H2,1-3H3. The number of nitrogens with zero attached hydrogens (tertiary/aromatic N) is 2. The van der Waals surface area contributed by atoms with Gasteiger partial charge in [0.1, 0.15) is 0 Å². The van der Waals surface area contributed by atoms with Gasteiger partial charge in [0.25, 0.3) is 0 Å². The van der Waals surface area contributed by atoms with Crippen molar-refractivity contribution in [3.8, 4) is 0 Å². The molecule has 0 unspecified atom stereocenters. The van der Waals surface area contributed by atoms with E-state index in [1.54, 1.807) is 6.07 Å². The molecule has 3 nitrogen and oxygen atoms in total. The Hall–Kier alpha value is -0.770. The zero-order valence-electron chi connectivity index (χ0n) is 10.9. The summed E-state index contributed by atoms with van der Waals surface area (Å²) in [5.41, 5.74) is 7.66. The van der Waals surface area contributed by atoms with Crippen LogP contribution in [0.3, 0.4) is 0 Å². The van der Waals surface area contributed by atoms with Crippen LogP contribution in [0.5, 0.6) is 0 Å². The molecule has 1 aromatic rings. The minimum Gasteiger partial charge on any atom is -0.399 e. The number of nitrogen functional groups attached to an aromatic ring is 1. The van der Waals surface area contributed by atoms with E-state index in [1.165, 1.54) is 12.0 Å². The van der Waals surface area contributed by atoms with E-state index in [-0.39, 0.29) is 0 Å². The smallest absolute Gasteiger partial charge is 0.0429 e. The van der Waals surface area contributed by atoms with Crippen molar-refractivity contribution in [3.05, 3.63) is 28.8 Å². The van der Waals surface area contributed by atoms with E-state index in [1.807, 2.05) is 12.1 Å². The average molecular weight is 256 g/mol. The van der Waals surface area contributed by atoms with Gasteiger partial charge in [0.2, 0.25) is 0 Å². The van der Waals surface area contributed by atoms with E-state index in [0.717, 1.165) is 25.3 Å². The summed E-state index contributed by atoms with van der Waals surface area (Å²) >= 11 is 5.97. The molecule has 0 aliphatic heterocycles. The van der Waals surface area contributed by atoms with Crippen LogP contribution in [0, 0.1) is 0 Å². The molecule has 0 spiro atoms. The topological polar surface area (TPSA) is 32.5 Å². The molecule has 1 rings (SSSR count). The van der Waals surface area contributed by atoms with Crippen molar-refractivity contribution in [1.82, 2.24) is 9.80 Å². The molecule has 0 radical (unpaired) electrons. The normalized spacial score (nSPS) is 11.4. The molecule has 1 aromatic carbocycles. The molecule has 0 saturated heterocycles. The Labute approximate surface area is 109 Å². The lowest BCUT2D eigenvalue weighted by Crippen LogP contribution is -2.23. The summed E-state index contributed by atoms with van der Waals surface area (Å²) in [7, 11) is 6.31. The van der Waals surface area contributed by atoms with Gasteiger partial charge in [-0.2, -0.15) is 0 Å². The fourth-order valence-electron chi connectivity index (χ4n) is 1.81. The maximum atomic E-state index is 5.97. The third kappa shape index (κ3) is 5.91. The van der Waals surface area contributed by atoms with Crippen molar-refractivity contribution in [2.24, 2.45) is 0 Å². The molecule has 96 valence electrons. The van der Waals surface area contributed by atoms with Crippen LogP contribution in [-0.2, 0) is 6.54 Å². The van der Waals surface area contributed by atoms with Crippen molar-refractivity contribution in [2.45, 2.75) is 13.0 Å². The molecule has 4 heteroatoms. The Morgan fingerprint density at radius 3 is 2.41 bits per heavy atom. The predicted molar refractivity (Wildman–Crippen MR) is 75.4 cm³/mol. The van der Waals surface area contributed by atoms with Crippen molar-refractivity contribution in [3.63, 3.8) is 0 Å². The Bertz CT molecular complexity index is 332. The maximum absolute atomic E-state index is 5.97. The van der Waals surface area contributed by atoms with Gasteiger partial charge in [-0.25, -0.2) is 0 Å². The van der Waals surface area contributed by atoms with E-state index in [0.29, 0.717) is 5.02 Å². The molecule has 0 fully saturated rings. The fourth-order valence-corrected chi connectivity index (χ4v) is 2.08. The van der Waals surface area contributed by atoms with E-state index in [2.05, 4.69) is 30.9 Å². The Morgan fingerprint density at radius 1 is 1.12 bits per heavy atom. The Morgan fingerprint density at radius 2 is 1.82 bits per heavy atom. The first-order valence-corrected chi connectivity index (χ1v) is 6.23. The highest BCUT2D eigenvalue weighted by atomic mass is 35.5. The summed E-state index contributed by atoms with van der Waals surface area (Å²) in [5.74, 6) is 0. The highest BCUT2D eigenvalue weighted by molar-refractivity contribution is 6.30. The zero-order valence-corrected chi connectivity index (χ0v) is 11.7. The molecule has 0 aliphatic rings. The fraction of sp³-hybridized carbons (Fsp3) is 0.538. The number of halogens is 1. The number of nitrogens with two attached hydrogens (primary N) is 1. The minimum absolute atomic E-state index is 0.710. The van der Waals surface area contributed by atoms with Gasteiger partial charge in [0, 0.05) is 17.3 Å². The van der Waals surface area contributed by atoms with Crippen molar-refractivity contribution < 1.29 is 0 Å². The monoisotopic (exact) mass is 255 g/mol. The van der Waals surface area contributed by atoms with Crippen LogP contribution < -0.4 is 5.73 Å². The maximum Gasteiger partial charge on any atom is 0.0429 e. The van der Waals surface area contributed by atoms with Crippen LogP contribution in [0.15, 0.2) is 18.2 Å². The number of rotatable bonds is 6. The number of anilines is 1. The predicted octanol–water partition coefficient (Wildman–Crippen LogP) is 2.31. The van der Waals surface area contributed by atoms with Crippen molar-refractivity contribution >= 4 is 17.3 Å². The van der Waals surface area contributed by atoms with Gasteiger partial charge < -0.3 is 15.5 Å². The minimum atomic E-state index is 0.710. The molecular formula is C13H22ClN3. The third-order valence-electron chi connectivity index (χ3n) is 2.58. The van der Waals surface area contributed by atoms with Gasteiger partial charge in [-0.3, -0.25) is 0 Å². The van der Waals surface area contributed by atoms with E-state index < -0.39 is 0 Å².